The largest absolute Gasteiger partial charge is 0.253 e. The van der Waals surface area contributed by atoms with Gasteiger partial charge in [0.2, 0.25) is 10.0 Å². The van der Waals surface area contributed by atoms with Crippen LogP contribution in [0.4, 0.5) is 10.2 Å². The second kappa shape index (κ2) is 5.40. The van der Waals surface area contributed by atoms with Crippen molar-refractivity contribution in [2.24, 2.45) is 0 Å². The minimum absolute atomic E-state index is 0.141. The summed E-state index contributed by atoms with van der Waals surface area (Å²) in [5.74, 6) is -0.0763. The highest BCUT2D eigenvalue weighted by molar-refractivity contribution is 7.92. The summed E-state index contributed by atoms with van der Waals surface area (Å²) in [4.78, 5) is 7.94. The minimum Gasteiger partial charge on any atom is -0.253 e. The zero-order valence-corrected chi connectivity index (χ0v) is 12.1. The molecule has 7 heteroatoms. The third kappa shape index (κ3) is 2.73. The fraction of sp³-hybridized carbons (Fsp3) is 0.286. The summed E-state index contributed by atoms with van der Waals surface area (Å²) >= 11 is 0. The van der Waals surface area contributed by atoms with Crippen LogP contribution in [0.5, 0.6) is 0 Å². The first-order valence-electron chi connectivity index (χ1n) is 6.60. The first kappa shape index (κ1) is 13.9. The molecular weight excluding hydrogens is 293 g/mol. The van der Waals surface area contributed by atoms with Gasteiger partial charge in [-0.2, -0.15) is 0 Å². The number of anilines is 1. The maximum atomic E-state index is 13.6. The Morgan fingerprint density at radius 3 is 2.90 bits per heavy atom. The highest BCUT2D eigenvalue weighted by Gasteiger charge is 2.30. The molecule has 2 heterocycles. The van der Waals surface area contributed by atoms with Crippen LogP contribution in [-0.2, 0) is 22.9 Å². The van der Waals surface area contributed by atoms with E-state index in [4.69, 9.17) is 0 Å². The van der Waals surface area contributed by atoms with Gasteiger partial charge in [-0.3, -0.25) is 4.31 Å². The van der Waals surface area contributed by atoms with Gasteiger partial charge in [-0.25, -0.2) is 22.8 Å². The summed E-state index contributed by atoms with van der Waals surface area (Å²) in [7, 11) is -3.51. The molecule has 0 radical (unpaired) electrons. The molecule has 21 heavy (non-hydrogen) atoms. The van der Waals surface area contributed by atoms with Crippen molar-refractivity contribution < 1.29 is 12.8 Å². The van der Waals surface area contributed by atoms with Crippen LogP contribution in [0.15, 0.2) is 36.8 Å². The van der Waals surface area contributed by atoms with Crippen molar-refractivity contribution in [2.45, 2.75) is 12.8 Å². The maximum Gasteiger partial charge on any atom is 0.236 e. The Balaban J connectivity index is 1.78. The first-order valence-corrected chi connectivity index (χ1v) is 8.21. The number of benzene rings is 1. The first-order chi connectivity index (χ1) is 10.1. The van der Waals surface area contributed by atoms with Crippen molar-refractivity contribution >= 4 is 15.8 Å². The van der Waals surface area contributed by atoms with E-state index >= 15 is 0 Å². The number of sulfonamides is 1. The van der Waals surface area contributed by atoms with Crippen LogP contribution < -0.4 is 4.31 Å². The zero-order valence-electron chi connectivity index (χ0n) is 11.2. The smallest absolute Gasteiger partial charge is 0.236 e. The molecule has 1 aliphatic heterocycles. The fourth-order valence-electron chi connectivity index (χ4n) is 2.40. The Kier molecular flexibility index (Phi) is 3.59. The molecule has 0 unspecified atom stereocenters. The van der Waals surface area contributed by atoms with Crippen LogP contribution in [-0.4, -0.2) is 30.7 Å². The summed E-state index contributed by atoms with van der Waals surface area (Å²) in [6.07, 6.45) is 3.72. The van der Waals surface area contributed by atoms with Gasteiger partial charge in [0.25, 0.3) is 0 Å². The van der Waals surface area contributed by atoms with Gasteiger partial charge in [-0.05, 0) is 24.5 Å². The monoisotopic (exact) mass is 307 g/mol. The van der Waals surface area contributed by atoms with E-state index in [-0.39, 0.29) is 18.0 Å². The Labute approximate surface area is 122 Å². The van der Waals surface area contributed by atoms with Crippen molar-refractivity contribution in [2.75, 3.05) is 16.6 Å². The van der Waals surface area contributed by atoms with Gasteiger partial charge in [-0.15, -0.1) is 0 Å². The third-order valence-electron chi connectivity index (χ3n) is 3.51. The van der Waals surface area contributed by atoms with Gasteiger partial charge in [0.1, 0.15) is 18.0 Å². The second-order valence-corrected chi connectivity index (χ2v) is 6.86. The summed E-state index contributed by atoms with van der Waals surface area (Å²) < 4.78 is 39.7. The number of hydrogen-bond donors (Lipinski definition) is 0. The summed E-state index contributed by atoms with van der Waals surface area (Å²) in [5.41, 5.74) is 1.23. The van der Waals surface area contributed by atoms with Gasteiger partial charge < -0.3 is 0 Å². The quantitative estimate of drug-likeness (QED) is 0.860. The molecule has 0 saturated heterocycles. The van der Waals surface area contributed by atoms with E-state index in [1.807, 2.05) is 0 Å². The zero-order chi connectivity index (χ0) is 14.9. The van der Waals surface area contributed by atoms with Crippen molar-refractivity contribution in [3.63, 3.8) is 0 Å². The van der Waals surface area contributed by atoms with Gasteiger partial charge in [0, 0.05) is 18.3 Å². The molecule has 0 amide bonds. The van der Waals surface area contributed by atoms with Crippen LogP contribution >= 0.6 is 0 Å². The predicted molar refractivity (Wildman–Crippen MR) is 77.0 cm³/mol. The molecule has 2 aromatic rings. The van der Waals surface area contributed by atoms with Gasteiger partial charge in [-0.1, -0.05) is 18.2 Å². The molecule has 1 aromatic carbocycles. The van der Waals surface area contributed by atoms with E-state index in [0.29, 0.717) is 24.3 Å². The standard InChI is InChI=1S/C14H14FN3O2S/c15-13-4-2-1-3-11(13)6-8-21(19,20)18-7-5-12-9-16-10-17-14(12)18/h1-4,9-10H,5-8H2. The molecule has 0 aliphatic carbocycles. The topological polar surface area (TPSA) is 63.2 Å². The molecule has 0 atom stereocenters. The average Bonchev–Trinajstić information content (AvgIpc) is 2.91. The highest BCUT2D eigenvalue weighted by Crippen LogP contribution is 2.27. The highest BCUT2D eigenvalue weighted by atomic mass is 32.2. The van der Waals surface area contributed by atoms with Crippen LogP contribution in [0, 0.1) is 5.82 Å². The SMILES string of the molecule is O=S(=O)(CCc1ccccc1F)N1CCc2cncnc21. The average molecular weight is 307 g/mol. The summed E-state index contributed by atoms with van der Waals surface area (Å²) in [6, 6.07) is 6.22. The Hall–Kier alpha value is -2.02. The number of fused-ring (bicyclic) bond motifs is 1. The Morgan fingerprint density at radius 1 is 1.29 bits per heavy atom. The van der Waals surface area contributed by atoms with Crippen molar-refractivity contribution in [1.29, 1.82) is 0 Å². The lowest BCUT2D eigenvalue weighted by molar-refractivity contribution is 0.587. The van der Waals surface area contributed by atoms with E-state index in [1.165, 1.54) is 16.7 Å². The number of aromatic nitrogens is 2. The van der Waals surface area contributed by atoms with Crippen LogP contribution in [0.3, 0.4) is 0 Å². The molecule has 0 fully saturated rings. The molecule has 3 rings (SSSR count). The Bertz CT molecular complexity index is 764. The molecule has 0 N–H and O–H groups in total. The van der Waals surface area contributed by atoms with Gasteiger partial charge >= 0.3 is 0 Å². The number of halogens is 1. The number of hydrogen-bond acceptors (Lipinski definition) is 4. The molecule has 0 bridgehead atoms. The number of rotatable bonds is 4. The molecule has 5 nitrogen and oxygen atoms in total. The molecule has 0 saturated carbocycles. The van der Waals surface area contributed by atoms with Crippen molar-refractivity contribution in [3.05, 3.63) is 53.7 Å². The molecule has 0 spiro atoms. The molecule has 1 aromatic heterocycles. The van der Waals surface area contributed by atoms with Crippen LogP contribution in [0.25, 0.3) is 0 Å². The molecule has 1 aliphatic rings. The lowest BCUT2D eigenvalue weighted by atomic mass is 10.2. The van der Waals surface area contributed by atoms with E-state index in [2.05, 4.69) is 9.97 Å². The van der Waals surface area contributed by atoms with Crippen LogP contribution in [0.1, 0.15) is 11.1 Å². The minimum atomic E-state index is -3.51. The normalized spacial score (nSPS) is 14.2. The van der Waals surface area contributed by atoms with Gasteiger partial charge in [0.05, 0.1) is 5.75 Å². The third-order valence-corrected chi connectivity index (χ3v) is 5.25. The summed E-state index contributed by atoms with van der Waals surface area (Å²) in [5, 5.41) is 0. The fourth-order valence-corrected chi connectivity index (χ4v) is 3.90. The van der Waals surface area contributed by atoms with E-state index in [9.17, 15) is 12.8 Å². The summed E-state index contributed by atoms with van der Waals surface area (Å²) in [6.45, 7) is 0.369. The van der Waals surface area contributed by atoms with Crippen LogP contribution in [0.2, 0.25) is 0 Å². The number of aryl methyl sites for hydroxylation is 1. The second-order valence-electron chi connectivity index (χ2n) is 4.85. The Morgan fingerprint density at radius 2 is 2.10 bits per heavy atom. The molecule has 110 valence electrons. The van der Waals surface area contributed by atoms with E-state index < -0.39 is 10.0 Å². The maximum absolute atomic E-state index is 13.6. The predicted octanol–water partition coefficient (Wildman–Crippen LogP) is 1.55. The lowest BCUT2D eigenvalue weighted by Crippen LogP contribution is -2.32. The molecular formula is C14H14FN3O2S. The lowest BCUT2D eigenvalue weighted by Gasteiger charge is -2.18. The number of nitrogens with zero attached hydrogens (tertiary/aromatic N) is 3. The van der Waals surface area contributed by atoms with Gasteiger partial charge in [0.15, 0.2) is 0 Å². The van der Waals surface area contributed by atoms with E-state index in [1.54, 1.807) is 24.4 Å². The van der Waals surface area contributed by atoms with Crippen molar-refractivity contribution in [3.8, 4) is 0 Å². The van der Waals surface area contributed by atoms with E-state index in [0.717, 1.165) is 5.56 Å². The van der Waals surface area contributed by atoms with Crippen molar-refractivity contribution in [1.82, 2.24) is 9.97 Å².